The fourth-order valence-electron chi connectivity index (χ4n) is 3.83. The quantitative estimate of drug-likeness (QED) is 0.556. The summed E-state index contributed by atoms with van der Waals surface area (Å²) in [5.74, 6) is -1.19. The first-order valence-electron chi connectivity index (χ1n) is 11.1. The predicted octanol–water partition coefficient (Wildman–Crippen LogP) is 4.48. The van der Waals surface area contributed by atoms with Gasteiger partial charge in [-0.1, -0.05) is 54.7 Å². The Morgan fingerprint density at radius 2 is 1.65 bits per heavy atom. The fourth-order valence-corrected chi connectivity index (χ4v) is 5.75. The molecule has 0 spiro atoms. The lowest BCUT2D eigenvalue weighted by molar-refractivity contribution is -0.130. The largest absolute Gasteiger partial charge is 0.344 e. The number of rotatable bonds is 7. The van der Waals surface area contributed by atoms with Gasteiger partial charge < -0.3 is 10.6 Å². The van der Waals surface area contributed by atoms with E-state index >= 15 is 0 Å². The highest BCUT2D eigenvalue weighted by Gasteiger charge is 2.34. The smallest absolute Gasteiger partial charge is 0.247 e. The second-order valence-corrected chi connectivity index (χ2v) is 11.6. The van der Waals surface area contributed by atoms with E-state index in [0.717, 1.165) is 5.56 Å². The molecule has 1 atom stereocenters. The van der Waals surface area contributed by atoms with Gasteiger partial charge in [0.05, 0.1) is 15.6 Å². The van der Waals surface area contributed by atoms with Crippen LogP contribution in [0.25, 0.3) is 0 Å². The number of halogens is 2. The van der Waals surface area contributed by atoms with Crippen molar-refractivity contribution < 1.29 is 18.0 Å². The molecule has 2 aromatic rings. The van der Waals surface area contributed by atoms with E-state index in [4.69, 9.17) is 23.2 Å². The van der Waals surface area contributed by atoms with Gasteiger partial charge in [0.15, 0.2) is 0 Å². The lowest BCUT2D eigenvalue weighted by atomic mass is 9.95. The molecule has 0 radical (unpaired) electrons. The summed E-state index contributed by atoms with van der Waals surface area (Å²) in [4.78, 5) is 26.1. The summed E-state index contributed by atoms with van der Waals surface area (Å²) >= 11 is 12.1. The van der Waals surface area contributed by atoms with Crippen molar-refractivity contribution in [2.24, 2.45) is 11.8 Å². The number of sulfonamides is 1. The predicted molar refractivity (Wildman–Crippen MR) is 135 cm³/mol. The third kappa shape index (κ3) is 6.30. The summed E-state index contributed by atoms with van der Waals surface area (Å²) in [6.45, 7) is 6.06. The van der Waals surface area contributed by atoms with Crippen molar-refractivity contribution in [3.63, 3.8) is 0 Å². The number of benzene rings is 2. The molecular formula is C24H29Cl2N3O4S. The van der Waals surface area contributed by atoms with Crippen molar-refractivity contribution >= 4 is 50.7 Å². The molecule has 1 heterocycles. The monoisotopic (exact) mass is 525 g/mol. The van der Waals surface area contributed by atoms with Crippen molar-refractivity contribution in [3.05, 3.63) is 58.1 Å². The number of carbonyl (C=O) groups is 2. The van der Waals surface area contributed by atoms with E-state index in [1.165, 1.54) is 10.4 Å². The average molecular weight is 526 g/mol. The van der Waals surface area contributed by atoms with Gasteiger partial charge in [-0.15, -0.1) is 0 Å². The standard InChI is InChI=1S/C24H29Cl2N3O4S/c1-15(2)22(24(31)27-21-9-6-18(25)14-20(21)26)28-23(30)17-10-12-29(13-11-17)34(32,33)19-7-4-16(3)5-8-19/h4-9,14-15,17,22H,10-13H2,1-3H3,(H,27,31)(H,28,30). The van der Waals surface area contributed by atoms with E-state index in [1.807, 2.05) is 20.8 Å². The molecular weight excluding hydrogens is 497 g/mol. The number of nitrogens with zero attached hydrogens (tertiary/aromatic N) is 1. The zero-order valence-electron chi connectivity index (χ0n) is 19.3. The molecule has 10 heteroatoms. The Morgan fingerprint density at radius 3 is 2.21 bits per heavy atom. The zero-order chi connectivity index (χ0) is 25.0. The van der Waals surface area contributed by atoms with Crippen molar-refractivity contribution in [2.75, 3.05) is 18.4 Å². The van der Waals surface area contributed by atoms with Crippen LogP contribution in [0.15, 0.2) is 47.4 Å². The Labute approximate surface area is 210 Å². The molecule has 1 saturated heterocycles. The number of aryl methyl sites for hydroxylation is 1. The van der Waals surface area contributed by atoms with Gasteiger partial charge in [-0.05, 0) is 56.0 Å². The molecule has 1 unspecified atom stereocenters. The van der Waals surface area contributed by atoms with Gasteiger partial charge >= 0.3 is 0 Å². The minimum absolute atomic E-state index is 0.169. The molecule has 7 nitrogen and oxygen atoms in total. The highest BCUT2D eigenvalue weighted by atomic mass is 35.5. The van der Waals surface area contributed by atoms with Crippen molar-refractivity contribution in [1.29, 1.82) is 0 Å². The Morgan fingerprint density at radius 1 is 1.03 bits per heavy atom. The van der Waals surface area contributed by atoms with Crippen molar-refractivity contribution in [3.8, 4) is 0 Å². The third-order valence-electron chi connectivity index (χ3n) is 5.92. The molecule has 0 saturated carbocycles. The second kappa shape index (κ2) is 11.1. The maximum atomic E-state index is 12.9. The summed E-state index contributed by atoms with van der Waals surface area (Å²) < 4.78 is 27.2. The van der Waals surface area contributed by atoms with Crippen LogP contribution in [0.4, 0.5) is 5.69 Å². The number of hydrogen-bond acceptors (Lipinski definition) is 4. The molecule has 0 bridgehead atoms. The molecule has 184 valence electrons. The maximum Gasteiger partial charge on any atom is 0.247 e. The van der Waals surface area contributed by atoms with Gasteiger partial charge in [0.25, 0.3) is 0 Å². The summed E-state index contributed by atoms with van der Waals surface area (Å²) in [6, 6.07) is 10.7. The number of piperidine rings is 1. The minimum atomic E-state index is -3.60. The van der Waals surface area contributed by atoms with Gasteiger partial charge in [-0.3, -0.25) is 9.59 Å². The zero-order valence-corrected chi connectivity index (χ0v) is 21.7. The minimum Gasteiger partial charge on any atom is -0.344 e. The fraction of sp³-hybridized carbons (Fsp3) is 0.417. The van der Waals surface area contributed by atoms with E-state index in [0.29, 0.717) is 28.6 Å². The summed E-state index contributed by atoms with van der Waals surface area (Å²) in [5.41, 5.74) is 1.39. The second-order valence-electron chi connectivity index (χ2n) is 8.84. The van der Waals surface area contributed by atoms with Gasteiger partial charge in [0.2, 0.25) is 21.8 Å². The summed E-state index contributed by atoms with van der Waals surface area (Å²) in [6.07, 6.45) is 0.763. The van der Waals surface area contributed by atoms with Crippen LogP contribution in [0.2, 0.25) is 10.0 Å². The topological polar surface area (TPSA) is 95.6 Å². The van der Waals surface area contributed by atoms with Crippen LogP contribution in [-0.2, 0) is 19.6 Å². The maximum absolute atomic E-state index is 12.9. The van der Waals surface area contributed by atoms with E-state index in [2.05, 4.69) is 10.6 Å². The first-order chi connectivity index (χ1) is 16.0. The summed E-state index contributed by atoms with van der Waals surface area (Å²) in [7, 11) is -3.60. The van der Waals surface area contributed by atoms with Crippen LogP contribution < -0.4 is 10.6 Å². The van der Waals surface area contributed by atoms with Crippen LogP contribution >= 0.6 is 23.2 Å². The molecule has 3 rings (SSSR count). The van der Waals surface area contributed by atoms with Gasteiger partial charge in [0, 0.05) is 24.0 Å². The number of nitrogens with one attached hydrogen (secondary N) is 2. The van der Waals surface area contributed by atoms with Crippen molar-refractivity contribution in [2.45, 2.75) is 44.6 Å². The van der Waals surface area contributed by atoms with Gasteiger partial charge in [-0.2, -0.15) is 4.31 Å². The summed E-state index contributed by atoms with van der Waals surface area (Å²) in [5, 5.41) is 6.34. The molecule has 34 heavy (non-hydrogen) atoms. The van der Waals surface area contributed by atoms with Crippen molar-refractivity contribution in [1.82, 2.24) is 9.62 Å². The SMILES string of the molecule is Cc1ccc(S(=O)(=O)N2CCC(C(=O)NC(C(=O)Nc3ccc(Cl)cc3Cl)C(C)C)CC2)cc1. The number of hydrogen-bond donors (Lipinski definition) is 2. The Balaban J connectivity index is 1.61. The first-order valence-corrected chi connectivity index (χ1v) is 13.3. The Kier molecular flexibility index (Phi) is 8.62. The molecule has 1 fully saturated rings. The van der Waals surface area contributed by atoms with Crippen LogP contribution in [0, 0.1) is 18.8 Å². The molecule has 2 amide bonds. The highest BCUT2D eigenvalue weighted by molar-refractivity contribution is 7.89. The number of anilines is 1. The molecule has 2 aromatic carbocycles. The van der Waals surface area contributed by atoms with Gasteiger partial charge in [0.1, 0.15) is 6.04 Å². The average Bonchev–Trinajstić information content (AvgIpc) is 2.79. The highest BCUT2D eigenvalue weighted by Crippen LogP contribution is 2.27. The first kappa shape index (κ1) is 26.5. The molecule has 1 aliphatic heterocycles. The van der Waals surface area contributed by atoms with E-state index < -0.39 is 16.1 Å². The van der Waals surface area contributed by atoms with Crippen LogP contribution in [-0.4, -0.2) is 43.7 Å². The van der Waals surface area contributed by atoms with E-state index in [1.54, 1.807) is 36.4 Å². The molecule has 0 aromatic heterocycles. The Hall–Kier alpha value is -2.13. The number of amides is 2. The van der Waals surface area contributed by atoms with E-state index in [-0.39, 0.29) is 41.6 Å². The third-order valence-corrected chi connectivity index (χ3v) is 8.38. The van der Waals surface area contributed by atoms with Gasteiger partial charge in [-0.25, -0.2) is 8.42 Å². The van der Waals surface area contributed by atoms with Crippen LogP contribution in [0.3, 0.4) is 0 Å². The number of carbonyl (C=O) groups excluding carboxylic acids is 2. The lowest BCUT2D eigenvalue weighted by Crippen LogP contribution is -2.50. The molecule has 0 aliphatic carbocycles. The van der Waals surface area contributed by atoms with Crippen LogP contribution in [0.1, 0.15) is 32.3 Å². The molecule has 1 aliphatic rings. The van der Waals surface area contributed by atoms with Crippen LogP contribution in [0.5, 0.6) is 0 Å². The van der Waals surface area contributed by atoms with E-state index in [9.17, 15) is 18.0 Å². The Bertz CT molecular complexity index is 1150. The normalized spacial score (nSPS) is 16.3. The molecule has 2 N–H and O–H groups in total. The lowest BCUT2D eigenvalue weighted by Gasteiger charge is -2.32.